The average molecular weight is 207 g/mol. The maximum atomic E-state index is 9.01. The Bertz CT molecular complexity index is 108. The van der Waals surface area contributed by atoms with Gasteiger partial charge in [-0.05, 0) is 0 Å². The topological polar surface area (TPSA) is 40.5 Å². The Morgan fingerprint density at radius 3 is 1.70 bits per heavy atom. The van der Waals surface area contributed by atoms with Gasteiger partial charge in [0, 0.05) is 6.42 Å². The third-order valence-corrected chi connectivity index (χ3v) is 1.96. The second kappa shape index (κ2) is 3.46. The number of aliphatic hydroxyl groups is 2. The van der Waals surface area contributed by atoms with E-state index in [1.54, 1.807) is 6.92 Å². The number of hydrogen-bond donors (Lipinski definition) is 2. The van der Waals surface area contributed by atoms with Crippen molar-refractivity contribution in [2.45, 2.75) is 29.3 Å². The molecule has 0 spiro atoms. The molecule has 0 amide bonds. The highest BCUT2D eigenvalue weighted by Gasteiger charge is 2.44. The molecule has 0 bridgehead atoms. The van der Waals surface area contributed by atoms with Crippen LogP contribution in [0.1, 0.15) is 19.8 Å². The van der Waals surface area contributed by atoms with Crippen molar-refractivity contribution in [1.29, 1.82) is 0 Å². The van der Waals surface area contributed by atoms with Crippen LogP contribution in [0.3, 0.4) is 0 Å². The van der Waals surface area contributed by atoms with Crippen LogP contribution in [-0.2, 0) is 0 Å². The van der Waals surface area contributed by atoms with E-state index in [-0.39, 0.29) is 6.42 Å². The predicted octanol–water partition coefficient (Wildman–Crippen LogP) is 1.84. The van der Waals surface area contributed by atoms with Crippen molar-refractivity contribution in [3.63, 3.8) is 0 Å². The summed E-state index contributed by atoms with van der Waals surface area (Å²) in [6, 6.07) is 0. The molecule has 0 aromatic rings. The molecule has 10 heavy (non-hydrogen) atoms. The van der Waals surface area contributed by atoms with Crippen LogP contribution in [0, 0.1) is 0 Å². The third-order valence-electron chi connectivity index (χ3n) is 1.05. The van der Waals surface area contributed by atoms with Crippen LogP contribution in [0.5, 0.6) is 0 Å². The fraction of sp³-hybridized carbons (Fsp3) is 1.00. The zero-order valence-corrected chi connectivity index (χ0v) is 7.71. The maximum absolute atomic E-state index is 9.01. The average Bonchev–Trinajstić information content (AvgIpc) is 1.61. The number of hydrogen-bond acceptors (Lipinski definition) is 2. The van der Waals surface area contributed by atoms with E-state index in [1.807, 2.05) is 0 Å². The van der Waals surface area contributed by atoms with Gasteiger partial charge in [0.2, 0.25) is 9.58 Å². The second-order valence-electron chi connectivity index (χ2n) is 2.06. The normalized spacial score (nSPS) is 13.8. The molecule has 0 rings (SSSR count). The molecule has 0 heterocycles. The van der Waals surface area contributed by atoms with Gasteiger partial charge in [-0.25, -0.2) is 0 Å². The zero-order chi connectivity index (χ0) is 8.41. The van der Waals surface area contributed by atoms with Gasteiger partial charge in [0.1, 0.15) is 0 Å². The molecule has 0 aromatic carbocycles. The summed E-state index contributed by atoms with van der Waals surface area (Å²) < 4.78 is -2.02. The van der Waals surface area contributed by atoms with E-state index in [4.69, 9.17) is 45.0 Å². The number of rotatable bonds is 2. The van der Waals surface area contributed by atoms with E-state index in [0.717, 1.165) is 0 Å². The van der Waals surface area contributed by atoms with E-state index in [1.165, 1.54) is 0 Å². The molecule has 62 valence electrons. The lowest BCUT2D eigenvalue weighted by atomic mass is 10.2. The van der Waals surface area contributed by atoms with E-state index in [0.29, 0.717) is 6.42 Å². The smallest absolute Gasteiger partial charge is 0.243 e. The molecule has 0 saturated heterocycles. The minimum atomic E-state index is -2.22. The lowest BCUT2D eigenvalue weighted by Crippen LogP contribution is -2.42. The molecule has 0 aliphatic heterocycles. The third kappa shape index (κ3) is 2.81. The van der Waals surface area contributed by atoms with Crippen LogP contribution in [0.4, 0.5) is 0 Å². The van der Waals surface area contributed by atoms with E-state index in [2.05, 4.69) is 0 Å². The Hall–Kier alpha value is 0.790. The first-order valence-electron chi connectivity index (χ1n) is 2.82. The zero-order valence-electron chi connectivity index (χ0n) is 5.44. The summed E-state index contributed by atoms with van der Waals surface area (Å²) in [5, 5.41) is 18.0. The summed E-state index contributed by atoms with van der Waals surface area (Å²) in [7, 11) is 0. The van der Waals surface area contributed by atoms with Crippen LogP contribution in [-0.4, -0.2) is 19.8 Å². The Labute approximate surface area is 74.7 Å². The molecule has 2 N–H and O–H groups in total. The maximum Gasteiger partial charge on any atom is 0.243 e. The summed E-state index contributed by atoms with van der Waals surface area (Å²) in [6.07, 6.45) is 0.588. The van der Waals surface area contributed by atoms with Crippen LogP contribution in [0.25, 0.3) is 0 Å². The summed E-state index contributed by atoms with van der Waals surface area (Å²) in [5.74, 6) is -2.22. The van der Waals surface area contributed by atoms with Crippen molar-refractivity contribution < 1.29 is 10.2 Å². The fourth-order valence-corrected chi connectivity index (χ4v) is 0.774. The highest BCUT2D eigenvalue weighted by Crippen LogP contribution is 2.38. The molecule has 0 aliphatic carbocycles. The van der Waals surface area contributed by atoms with Crippen molar-refractivity contribution in [2.24, 2.45) is 0 Å². The molecule has 0 radical (unpaired) electrons. The molecule has 2 nitrogen and oxygen atoms in total. The molecule has 0 unspecified atom stereocenters. The minimum Gasteiger partial charge on any atom is -0.362 e. The van der Waals surface area contributed by atoms with Crippen LogP contribution >= 0.6 is 34.8 Å². The summed E-state index contributed by atoms with van der Waals surface area (Å²) in [4.78, 5) is 0. The molecule has 0 saturated carbocycles. The Kier molecular flexibility index (Phi) is 3.73. The fourth-order valence-electron chi connectivity index (χ4n) is 0.490. The lowest BCUT2D eigenvalue weighted by Gasteiger charge is -2.28. The minimum absolute atomic E-state index is 0.0451. The molecule has 0 aromatic heterocycles. The number of alkyl halides is 3. The molecule has 5 heteroatoms. The van der Waals surface area contributed by atoms with Gasteiger partial charge < -0.3 is 10.2 Å². The van der Waals surface area contributed by atoms with Crippen molar-refractivity contribution in [3.05, 3.63) is 0 Å². The SMILES string of the molecule is CCCC(O)(O)C(Cl)(Cl)Cl. The van der Waals surface area contributed by atoms with Gasteiger partial charge in [-0.2, -0.15) is 0 Å². The molecular formula is C5H9Cl3O2. The van der Waals surface area contributed by atoms with Gasteiger partial charge in [0.25, 0.3) is 0 Å². The Morgan fingerprint density at radius 1 is 1.20 bits per heavy atom. The number of halogens is 3. The van der Waals surface area contributed by atoms with Crippen molar-refractivity contribution in [1.82, 2.24) is 0 Å². The van der Waals surface area contributed by atoms with Crippen molar-refractivity contribution in [2.75, 3.05) is 0 Å². The van der Waals surface area contributed by atoms with Gasteiger partial charge in [-0.15, -0.1) is 0 Å². The van der Waals surface area contributed by atoms with E-state index in [9.17, 15) is 0 Å². The molecule has 0 aliphatic rings. The highest BCUT2D eigenvalue weighted by molar-refractivity contribution is 6.68. The lowest BCUT2D eigenvalue weighted by molar-refractivity contribution is -0.161. The highest BCUT2D eigenvalue weighted by atomic mass is 35.6. The first kappa shape index (κ1) is 10.8. The first-order chi connectivity index (χ1) is 4.31. The van der Waals surface area contributed by atoms with Gasteiger partial charge in [0.05, 0.1) is 0 Å². The van der Waals surface area contributed by atoms with E-state index >= 15 is 0 Å². The largest absolute Gasteiger partial charge is 0.362 e. The Morgan fingerprint density at radius 2 is 1.60 bits per heavy atom. The van der Waals surface area contributed by atoms with Gasteiger partial charge in [-0.1, -0.05) is 48.1 Å². The summed E-state index contributed by atoms with van der Waals surface area (Å²) in [6.45, 7) is 1.76. The Balaban J connectivity index is 4.10. The van der Waals surface area contributed by atoms with Crippen LogP contribution < -0.4 is 0 Å². The van der Waals surface area contributed by atoms with E-state index < -0.39 is 9.58 Å². The quantitative estimate of drug-likeness (QED) is 0.536. The van der Waals surface area contributed by atoms with Crippen LogP contribution in [0.2, 0.25) is 0 Å². The molecule has 0 atom stereocenters. The van der Waals surface area contributed by atoms with Gasteiger partial charge >= 0.3 is 0 Å². The summed E-state index contributed by atoms with van der Waals surface area (Å²) in [5.41, 5.74) is 0. The van der Waals surface area contributed by atoms with Crippen molar-refractivity contribution in [3.8, 4) is 0 Å². The molecule has 0 fully saturated rings. The van der Waals surface area contributed by atoms with Crippen molar-refractivity contribution >= 4 is 34.8 Å². The predicted molar refractivity (Wildman–Crippen MR) is 42.4 cm³/mol. The van der Waals surface area contributed by atoms with Gasteiger partial charge in [0.15, 0.2) is 0 Å². The first-order valence-corrected chi connectivity index (χ1v) is 3.96. The monoisotopic (exact) mass is 206 g/mol. The molecular weight excluding hydrogens is 198 g/mol. The summed E-state index contributed by atoms with van der Waals surface area (Å²) >= 11 is 15.7. The van der Waals surface area contributed by atoms with Gasteiger partial charge in [-0.3, -0.25) is 0 Å². The standard InChI is InChI=1S/C5H9Cl3O2/c1-2-3-4(9,10)5(6,7)8/h9-10H,2-3H2,1H3. The second-order valence-corrected chi connectivity index (χ2v) is 4.35. The van der Waals surface area contributed by atoms with Crippen LogP contribution in [0.15, 0.2) is 0 Å².